The van der Waals surface area contributed by atoms with E-state index in [0.29, 0.717) is 10.5 Å². The van der Waals surface area contributed by atoms with Crippen LogP contribution < -0.4 is 5.32 Å². The van der Waals surface area contributed by atoms with E-state index in [-0.39, 0.29) is 11.9 Å². The smallest absolute Gasteiger partial charge is 0.137 e. The van der Waals surface area contributed by atoms with Gasteiger partial charge in [0.25, 0.3) is 0 Å². The second kappa shape index (κ2) is 5.25. The maximum Gasteiger partial charge on any atom is 0.137 e. The largest absolute Gasteiger partial charge is 0.371 e. The van der Waals surface area contributed by atoms with Crippen LogP contribution in [-0.4, -0.2) is 43.7 Å². The van der Waals surface area contributed by atoms with E-state index in [1.165, 1.54) is 6.07 Å². The number of nitrogens with one attached hydrogen (secondary N) is 1. The number of piperazine rings is 1. The van der Waals surface area contributed by atoms with E-state index in [9.17, 15) is 4.39 Å². The molecule has 2 aliphatic rings. The topological polar surface area (TPSA) is 24.5 Å². The van der Waals surface area contributed by atoms with Crippen molar-refractivity contribution in [2.75, 3.05) is 32.8 Å². The molecule has 0 radical (unpaired) electrons. The fourth-order valence-corrected chi connectivity index (χ4v) is 3.01. The molecule has 2 saturated heterocycles. The van der Waals surface area contributed by atoms with Crippen LogP contribution in [0.5, 0.6) is 0 Å². The van der Waals surface area contributed by atoms with E-state index < -0.39 is 0 Å². The average molecular weight is 315 g/mol. The highest BCUT2D eigenvalue weighted by atomic mass is 79.9. The SMILES string of the molecule is Fc1ccc(C2CN3CCNC[C@H]3CO2)cc1Br. The van der Waals surface area contributed by atoms with Gasteiger partial charge in [0.2, 0.25) is 0 Å². The molecule has 1 aromatic carbocycles. The van der Waals surface area contributed by atoms with Crippen molar-refractivity contribution in [1.29, 1.82) is 0 Å². The lowest BCUT2D eigenvalue weighted by Gasteiger charge is -2.42. The van der Waals surface area contributed by atoms with E-state index in [1.54, 1.807) is 0 Å². The van der Waals surface area contributed by atoms with E-state index in [4.69, 9.17) is 4.74 Å². The summed E-state index contributed by atoms with van der Waals surface area (Å²) in [5.74, 6) is -0.227. The van der Waals surface area contributed by atoms with Crippen LogP contribution in [0.4, 0.5) is 4.39 Å². The summed E-state index contributed by atoms with van der Waals surface area (Å²) in [5, 5.41) is 3.38. The zero-order valence-corrected chi connectivity index (χ0v) is 11.6. The van der Waals surface area contributed by atoms with Crippen molar-refractivity contribution in [2.45, 2.75) is 12.1 Å². The first-order chi connectivity index (χ1) is 8.74. The molecule has 1 aromatic rings. The summed E-state index contributed by atoms with van der Waals surface area (Å²) < 4.78 is 19.6. The third-order valence-corrected chi connectivity index (χ3v) is 4.29. The first-order valence-corrected chi connectivity index (χ1v) is 7.04. The van der Waals surface area contributed by atoms with Crippen molar-refractivity contribution in [1.82, 2.24) is 10.2 Å². The number of fused-ring (bicyclic) bond motifs is 1. The molecule has 2 heterocycles. The van der Waals surface area contributed by atoms with Crippen LogP contribution in [0.1, 0.15) is 11.7 Å². The lowest BCUT2D eigenvalue weighted by atomic mass is 10.0. The maximum atomic E-state index is 13.2. The predicted octanol–water partition coefficient (Wildman–Crippen LogP) is 1.93. The third kappa shape index (κ3) is 2.45. The highest BCUT2D eigenvalue weighted by Gasteiger charge is 2.31. The van der Waals surface area contributed by atoms with E-state index in [0.717, 1.165) is 38.3 Å². The molecule has 2 atom stereocenters. The summed E-state index contributed by atoms with van der Waals surface area (Å²) in [5.41, 5.74) is 1.04. The van der Waals surface area contributed by atoms with Gasteiger partial charge in [0, 0.05) is 32.2 Å². The molecule has 3 nitrogen and oxygen atoms in total. The quantitative estimate of drug-likeness (QED) is 0.857. The van der Waals surface area contributed by atoms with Gasteiger partial charge in [0.15, 0.2) is 0 Å². The number of ether oxygens (including phenoxy) is 1. The summed E-state index contributed by atoms with van der Waals surface area (Å²) >= 11 is 3.23. The van der Waals surface area contributed by atoms with Crippen molar-refractivity contribution in [3.05, 3.63) is 34.1 Å². The number of halogens is 2. The molecular formula is C13H16BrFN2O. The molecule has 0 amide bonds. The van der Waals surface area contributed by atoms with Crippen molar-refractivity contribution in [2.24, 2.45) is 0 Å². The molecule has 0 saturated carbocycles. The molecule has 1 N–H and O–H groups in total. The summed E-state index contributed by atoms with van der Waals surface area (Å²) in [7, 11) is 0. The zero-order valence-electron chi connectivity index (χ0n) is 10.0. The number of rotatable bonds is 1. The number of nitrogens with zero attached hydrogens (tertiary/aromatic N) is 1. The Balaban J connectivity index is 1.75. The van der Waals surface area contributed by atoms with E-state index in [2.05, 4.69) is 26.1 Å². The van der Waals surface area contributed by atoms with Crippen LogP contribution >= 0.6 is 15.9 Å². The van der Waals surface area contributed by atoms with Crippen LogP contribution in [0, 0.1) is 5.82 Å². The van der Waals surface area contributed by atoms with Gasteiger partial charge < -0.3 is 10.1 Å². The molecule has 0 spiro atoms. The minimum absolute atomic E-state index is 0.0521. The maximum absolute atomic E-state index is 13.2. The Labute approximate surface area is 114 Å². The molecule has 0 aliphatic carbocycles. The van der Waals surface area contributed by atoms with Crippen molar-refractivity contribution < 1.29 is 9.13 Å². The number of hydrogen-bond donors (Lipinski definition) is 1. The van der Waals surface area contributed by atoms with Crippen LogP contribution in [0.2, 0.25) is 0 Å². The van der Waals surface area contributed by atoms with Gasteiger partial charge in [-0.1, -0.05) is 6.07 Å². The summed E-state index contributed by atoms with van der Waals surface area (Å²) in [4.78, 5) is 2.46. The minimum Gasteiger partial charge on any atom is -0.371 e. The Morgan fingerprint density at radius 2 is 2.33 bits per heavy atom. The van der Waals surface area contributed by atoms with Gasteiger partial charge >= 0.3 is 0 Å². The van der Waals surface area contributed by atoms with Gasteiger partial charge in [0.1, 0.15) is 5.82 Å². The molecule has 3 rings (SSSR count). The first-order valence-electron chi connectivity index (χ1n) is 6.25. The third-order valence-electron chi connectivity index (χ3n) is 3.68. The van der Waals surface area contributed by atoms with Gasteiger partial charge in [-0.2, -0.15) is 0 Å². The molecule has 2 fully saturated rings. The van der Waals surface area contributed by atoms with Crippen LogP contribution in [0.25, 0.3) is 0 Å². The van der Waals surface area contributed by atoms with Crippen molar-refractivity contribution in [3.8, 4) is 0 Å². The molecule has 1 unspecified atom stereocenters. The van der Waals surface area contributed by atoms with Crippen molar-refractivity contribution in [3.63, 3.8) is 0 Å². The van der Waals surface area contributed by atoms with Crippen LogP contribution in [0.3, 0.4) is 0 Å². The van der Waals surface area contributed by atoms with Gasteiger partial charge in [-0.25, -0.2) is 4.39 Å². The number of benzene rings is 1. The Kier molecular flexibility index (Phi) is 3.66. The first kappa shape index (κ1) is 12.5. The fraction of sp³-hybridized carbons (Fsp3) is 0.538. The van der Waals surface area contributed by atoms with Gasteiger partial charge in [0.05, 0.1) is 17.2 Å². The van der Waals surface area contributed by atoms with Gasteiger partial charge in [-0.05, 0) is 33.6 Å². The van der Waals surface area contributed by atoms with Crippen molar-refractivity contribution >= 4 is 15.9 Å². The fourth-order valence-electron chi connectivity index (χ4n) is 2.61. The molecule has 18 heavy (non-hydrogen) atoms. The van der Waals surface area contributed by atoms with Gasteiger partial charge in [-0.15, -0.1) is 0 Å². The summed E-state index contributed by atoms with van der Waals surface area (Å²) in [6.07, 6.45) is 0.0521. The van der Waals surface area contributed by atoms with E-state index >= 15 is 0 Å². The highest BCUT2D eigenvalue weighted by molar-refractivity contribution is 9.10. The Hall–Kier alpha value is -0.490. The average Bonchev–Trinajstić information content (AvgIpc) is 2.41. The highest BCUT2D eigenvalue weighted by Crippen LogP contribution is 2.28. The summed E-state index contributed by atoms with van der Waals surface area (Å²) in [6.45, 7) is 4.74. The normalized spacial score (nSPS) is 29.0. The molecule has 98 valence electrons. The molecule has 2 aliphatic heterocycles. The zero-order chi connectivity index (χ0) is 12.5. The number of hydrogen-bond acceptors (Lipinski definition) is 3. The lowest BCUT2D eigenvalue weighted by Crippen LogP contribution is -2.57. The predicted molar refractivity (Wildman–Crippen MR) is 71.0 cm³/mol. The molecule has 5 heteroatoms. The standard InChI is InChI=1S/C13H16BrFN2O/c14-11-5-9(1-2-12(11)15)13-7-17-4-3-16-6-10(17)8-18-13/h1-2,5,10,13,16H,3-4,6-8H2/t10-,13?/m0/s1. The van der Waals surface area contributed by atoms with Crippen LogP contribution in [0.15, 0.2) is 22.7 Å². The van der Waals surface area contributed by atoms with Crippen LogP contribution in [-0.2, 0) is 4.74 Å². The number of morpholine rings is 1. The summed E-state index contributed by atoms with van der Waals surface area (Å²) in [6, 6.07) is 5.61. The van der Waals surface area contributed by atoms with Gasteiger partial charge in [-0.3, -0.25) is 4.90 Å². The second-order valence-corrected chi connectivity index (χ2v) is 5.70. The Morgan fingerprint density at radius 1 is 1.44 bits per heavy atom. The Morgan fingerprint density at radius 3 is 3.17 bits per heavy atom. The second-order valence-electron chi connectivity index (χ2n) is 4.85. The van der Waals surface area contributed by atoms with E-state index in [1.807, 2.05) is 12.1 Å². The lowest BCUT2D eigenvalue weighted by molar-refractivity contribution is -0.0718. The minimum atomic E-state index is -0.227. The molecular weight excluding hydrogens is 299 g/mol. The molecule has 0 aromatic heterocycles. The Bertz CT molecular complexity index is 443. The monoisotopic (exact) mass is 314 g/mol. The molecule has 0 bridgehead atoms.